The van der Waals surface area contributed by atoms with Crippen LogP contribution in [0.3, 0.4) is 0 Å². The molecule has 0 atom stereocenters. The summed E-state index contributed by atoms with van der Waals surface area (Å²) in [4.78, 5) is 0. The van der Waals surface area contributed by atoms with Crippen LogP contribution in [0.1, 0.15) is 0 Å². The van der Waals surface area contributed by atoms with E-state index in [1.807, 2.05) is 18.2 Å². The van der Waals surface area contributed by atoms with Crippen molar-refractivity contribution in [2.45, 2.75) is 6.04 Å². The third kappa shape index (κ3) is 2.27. The average molecular weight is 309 g/mol. The van der Waals surface area contributed by atoms with Crippen LogP contribution in [0, 0.1) is 3.57 Å². The van der Waals surface area contributed by atoms with E-state index >= 15 is 0 Å². The molecular formula is C9H10ClIN2. The predicted molar refractivity (Wildman–Crippen MR) is 64.4 cm³/mol. The number of halogens is 2. The molecule has 0 unspecified atom stereocenters. The number of anilines is 1. The van der Waals surface area contributed by atoms with Crippen molar-refractivity contribution >= 4 is 39.9 Å². The monoisotopic (exact) mass is 308 g/mol. The molecule has 2 nitrogen and oxygen atoms in total. The highest BCUT2D eigenvalue weighted by atomic mass is 127. The van der Waals surface area contributed by atoms with Crippen molar-refractivity contribution in [2.24, 2.45) is 0 Å². The Labute approximate surface area is 96.2 Å². The normalized spacial score (nSPS) is 16.8. The maximum Gasteiger partial charge on any atom is 0.0510 e. The summed E-state index contributed by atoms with van der Waals surface area (Å²) in [6, 6.07) is 6.49. The Morgan fingerprint density at radius 2 is 2.23 bits per heavy atom. The third-order valence-electron chi connectivity index (χ3n) is 2.07. The first-order chi connectivity index (χ1) is 6.25. The fourth-order valence-corrected chi connectivity index (χ4v) is 2.24. The summed E-state index contributed by atoms with van der Waals surface area (Å²) < 4.78 is 1.18. The molecule has 0 saturated carbocycles. The zero-order chi connectivity index (χ0) is 9.26. The first-order valence-electron chi connectivity index (χ1n) is 4.18. The lowest BCUT2D eigenvalue weighted by Gasteiger charge is -2.29. The van der Waals surface area contributed by atoms with E-state index in [0.29, 0.717) is 6.04 Å². The van der Waals surface area contributed by atoms with Crippen molar-refractivity contribution in [1.82, 2.24) is 5.32 Å². The highest BCUT2D eigenvalue weighted by molar-refractivity contribution is 14.1. The SMILES string of the molecule is Clc1ccc(NC2CNC2)c(I)c1. The van der Waals surface area contributed by atoms with E-state index in [9.17, 15) is 0 Å². The molecule has 4 heteroatoms. The Morgan fingerprint density at radius 1 is 1.46 bits per heavy atom. The Balaban J connectivity index is 2.10. The zero-order valence-electron chi connectivity index (χ0n) is 6.98. The van der Waals surface area contributed by atoms with Gasteiger partial charge in [0.15, 0.2) is 0 Å². The fraction of sp³-hybridized carbons (Fsp3) is 0.333. The van der Waals surface area contributed by atoms with Gasteiger partial charge >= 0.3 is 0 Å². The summed E-state index contributed by atoms with van der Waals surface area (Å²) in [6.07, 6.45) is 0. The number of benzene rings is 1. The van der Waals surface area contributed by atoms with Gasteiger partial charge in [0, 0.05) is 27.4 Å². The van der Waals surface area contributed by atoms with Crippen LogP contribution in [0.25, 0.3) is 0 Å². The molecule has 2 rings (SSSR count). The molecule has 0 radical (unpaired) electrons. The molecule has 1 aliphatic rings. The summed E-state index contributed by atoms with van der Waals surface area (Å²) in [7, 11) is 0. The maximum atomic E-state index is 5.86. The molecule has 70 valence electrons. The predicted octanol–water partition coefficient (Wildman–Crippen LogP) is 2.33. The number of hydrogen-bond donors (Lipinski definition) is 2. The van der Waals surface area contributed by atoms with E-state index in [1.165, 1.54) is 9.26 Å². The van der Waals surface area contributed by atoms with Crippen molar-refractivity contribution in [2.75, 3.05) is 18.4 Å². The topological polar surface area (TPSA) is 24.1 Å². The summed E-state index contributed by atoms with van der Waals surface area (Å²) in [5.41, 5.74) is 1.18. The summed E-state index contributed by atoms with van der Waals surface area (Å²) in [6.45, 7) is 2.11. The molecule has 1 aromatic rings. The number of hydrogen-bond acceptors (Lipinski definition) is 2. The van der Waals surface area contributed by atoms with E-state index < -0.39 is 0 Å². The quantitative estimate of drug-likeness (QED) is 0.820. The Bertz CT molecular complexity index is 312. The van der Waals surface area contributed by atoms with Gasteiger partial charge in [-0.15, -0.1) is 0 Å². The van der Waals surface area contributed by atoms with Gasteiger partial charge in [0.25, 0.3) is 0 Å². The second-order valence-electron chi connectivity index (χ2n) is 3.12. The molecular weight excluding hydrogens is 298 g/mol. The summed E-state index contributed by atoms with van der Waals surface area (Å²) >= 11 is 8.15. The van der Waals surface area contributed by atoms with Crippen LogP contribution in [0.15, 0.2) is 18.2 Å². The lowest BCUT2D eigenvalue weighted by molar-refractivity contribution is 0.472. The van der Waals surface area contributed by atoms with Gasteiger partial charge in [-0.1, -0.05) is 11.6 Å². The lowest BCUT2D eigenvalue weighted by Crippen LogP contribution is -2.51. The van der Waals surface area contributed by atoms with Crippen molar-refractivity contribution in [3.05, 3.63) is 26.8 Å². The van der Waals surface area contributed by atoms with E-state index in [1.54, 1.807) is 0 Å². The highest BCUT2D eigenvalue weighted by Gasteiger charge is 2.16. The molecule has 0 aromatic heterocycles. The maximum absolute atomic E-state index is 5.86. The molecule has 1 heterocycles. The van der Waals surface area contributed by atoms with Crippen LogP contribution in [0.4, 0.5) is 5.69 Å². The number of rotatable bonds is 2. The molecule has 2 N–H and O–H groups in total. The summed E-state index contributed by atoms with van der Waals surface area (Å²) in [5.74, 6) is 0. The lowest BCUT2D eigenvalue weighted by atomic mass is 10.1. The summed E-state index contributed by atoms with van der Waals surface area (Å²) in [5, 5.41) is 7.46. The molecule has 1 saturated heterocycles. The van der Waals surface area contributed by atoms with Gasteiger partial charge < -0.3 is 10.6 Å². The van der Waals surface area contributed by atoms with Crippen molar-refractivity contribution < 1.29 is 0 Å². The van der Waals surface area contributed by atoms with E-state index in [0.717, 1.165) is 18.1 Å². The molecule has 1 fully saturated rings. The van der Waals surface area contributed by atoms with Crippen LogP contribution in [-0.4, -0.2) is 19.1 Å². The molecule has 0 aliphatic carbocycles. The molecule has 0 amide bonds. The number of nitrogens with one attached hydrogen (secondary N) is 2. The van der Waals surface area contributed by atoms with Crippen molar-refractivity contribution in [3.63, 3.8) is 0 Å². The van der Waals surface area contributed by atoms with Crippen molar-refractivity contribution in [3.8, 4) is 0 Å². The van der Waals surface area contributed by atoms with E-state index in [-0.39, 0.29) is 0 Å². The van der Waals surface area contributed by atoms with E-state index in [2.05, 4.69) is 33.2 Å². The van der Waals surface area contributed by atoms with Gasteiger partial charge in [-0.05, 0) is 40.8 Å². The standard InChI is InChI=1S/C9H10ClIN2/c10-6-1-2-9(8(11)3-6)13-7-4-12-5-7/h1-3,7,12-13H,4-5H2. The second-order valence-corrected chi connectivity index (χ2v) is 4.72. The van der Waals surface area contributed by atoms with Gasteiger partial charge in [-0.2, -0.15) is 0 Å². The Kier molecular flexibility index (Phi) is 2.96. The van der Waals surface area contributed by atoms with Gasteiger partial charge in [0.1, 0.15) is 0 Å². The fourth-order valence-electron chi connectivity index (χ4n) is 1.22. The molecule has 1 aliphatic heterocycles. The van der Waals surface area contributed by atoms with Gasteiger partial charge in [-0.25, -0.2) is 0 Å². The zero-order valence-corrected chi connectivity index (χ0v) is 9.89. The van der Waals surface area contributed by atoms with Gasteiger partial charge in [0.05, 0.1) is 6.04 Å². The Hall–Kier alpha value is -0.000000000000000111. The highest BCUT2D eigenvalue weighted by Crippen LogP contribution is 2.23. The average Bonchev–Trinajstić information content (AvgIpc) is 1.99. The second kappa shape index (κ2) is 4.02. The van der Waals surface area contributed by atoms with Crippen LogP contribution >= 0.6 is 34.2 Å². The Morgan fingerprint density at radius 3 is 2.77 bits per heavy atom. The smallest absolute Gasteiger partial charge is 0.0510 e. The van der Waals surface area contributed by atoms with Gasteiger partial charge in [-0.3, -0.25) is 0 Å². The first kappa shape index (κ1) is 9.55. The molecule has 1 aromatic carbocycles. The first-order valence-corrected chi connectivity index (χ1v) is 5.63. The third-order valence-corrected chi connectivity index (χ3v) is 3.20. The van der Waals surface area contributed by atoms with Crippen molar-refractivity contribution in [1.29, 1.82) is 0 Å². The van der Waals surface area contributed by atoms with Gasteiger partial charge in [0.2, 0.25) is 0 Å². The minimum Gasteiger partial charge on any atom is -0.379 e. The molecule has 0 spiro atoms. The molecule has 0 bridgehead atoms. The minimum absolute atomic E-state index is 0.578. The van der Waals surface area contributed by atoms with Crippen LogP contribution in [0.5, 0.6) is 0 Å². The van der Waals surface area contributed by atoms with Crippen LogP contribution < -0.4 is 10.6 Å². The van der Waals surface area contributed by atoms with Crippen LogP contribution in [0.2, 0.25) is 5.02 Å². The minimum atomic E-state index is 0.578. The molecule has 13 heavy (non-hydrogen) atoms. The largest absolute Gasteiger partial charge is 0.379 e. The van der Waals surface area contributed by atoms with Crippen LogP contribution in [-0.2, 0) is 0 Å². The van der Waals surface area contributed by atoms with E-state index in [4.69, 9.17) is 11.6 Å².